The zero-order chi connectivity index (χ0) is 6.10. The van der Waals surface area contributed by atoms with Crippen LogP contribution >= 0.6 is 0 Å². The minimum Gasteiger partial charge on any atom is -0.366 e. The average molecular weight is 119 g/mol. The molecule has 0 saturated carbocycles. The molecule has 0 saturated heterocycles. The number of hydrogen-bond acceptors (Lipinski definition) is 2. The van der Waals surface area contributed by atoms with E-state index < -0.39 is 0 Å². The molecule has 0 aromatic rings. The summed E-state index contributed by atoms with van der Waals surface area (Å²) in [4.78, 5) is 2.03. The summed E-state index contributed by atoms with van der Waals surface area (Å²) in [7, 11) is 0. The van der Waals surface area contributed by atoms with E-state index in [0.29, 0.717) is 0 Å². The largest absolute Gasteiger partial charge is 0.366 e. The summed E-state index contributed by atoms with van der Waals surface area (Å²) in [6.07, 6.45) is 10.0. The first-order chi connectivity index (χ1) is 4.47. The lowest BCUT2D eigenvalue weighted by atomic mass is 10.3. The van der Waals surface area contributed by atoms with E-state index in [0.717, 1.165) is 0 Å². The SMILES string of the molecule is [CH]1NC=C2C=CC=CN12. The Balaban J connectivity index is 2.33. The topological polar surface area (TPSA) is 15.3 Å². The van der Waals surface area contributed by atoms with Gasteiger partial charge in [0.25, 0.3) is 0 Å². The van der Waals surface area contributed by atoms with Crippen LogP contribution in [0, 0.1) is 6.67 Å². The predicted molar refractivity (Wildman–Crippen MR) is 35.6 cm³/mol. The quantitative estimate of drug-likeness (QED) is 0.510. The highest BCUT2D eigenvalue weighted by molar-refractivity contribution is 5.31. The summed E-state index contributed by atoms with van der Waals surface area (Å²) >= 11 is 0. The molecule has 1 N–H and O–H groups in total. The van der Waals surface area contributed by atoms with Gasteiger partial charge in [0.05, 0.1) is 5.70 Å². The van der Waals surface area contributed by atoms with Crippen LogP contribution in [0.5, 0.6) is 0 Å². The number of nitrogens with one attached hydrogen (secondary N) is 1. The van der Waals surface area contributed by atoms with Crippen molar-refractivity contribution in [2.24, 2.45) is 0 Å². The lowest BCUT2D eigenvalue weighted by Crippen LogP contribution is -2.11. The van der Waals surface area contributed by atoms with Crippen molar-refractivity contribution >= 4 is 0 Å². The van der Waals surface area contributed by atoms with Crippen LogP contribution in [0.2, 0.25) is 0 Å². The molecule has 2 heterocycles. The third kappa shape index (κ3) is 0.633. The molecule has 0 spiro atoms. The van der Waals surface area contributed by atoms with Gasteiger partial charge in [0.2, 0.25) is 0 Å². The number of allylic oxidation sites excluding steroid dienone is 3. The second kappa shape index (κ2) is 1.65. The first-order valence-electron chi connectivity index (χ1n) is 2.89. The molecule has 0 amide bonds. The highest BCUT2D eigenvalue weighted by Gasteiger charge is 2.10. The van der Waals surface area contributed by atoms with Gasteiger partial charge in [-0.25, -0.2) is 0 Å². The van der Waals surface area contributed by atoms with Gasteiger partial charge in [-0.3, -0.25) is 0 Å². The fourth-order valence-corrected chi connectivity index (χ4v) is 0.912. The van der Waals surface area contributed by atoms with Crippen molar-refractivity contribution < 1.29 is 0 Å². The standard InChI is InChI=1S/C7H7N2/c1-2-4-9-6-8-5-7(9)3-1/h1-6,8H. The van der Waals surface area contributed by atoms with Crippen molar-refractivity contribution in [2.45, 2.75) is 0 Å². The molecule has 0 bridgehead atoms. The molecule has 45 valence electrons. The van der Waals surface area contributed by atoms with E-state index in [9.17, 15) is 0 Å². The Morgan fingerprint density at radius 1 is 1.33 bits per heavy atom. The molecule has 2 heteroatoms. The van der Waals surface area contributed by atoms with E-state index in [1.165, 1.54) is 5.70 Å². The van der Waals surface area contributed by atoms with Gasteiger partial charge in [-0.05, 0) is 12.2 Å². The van der Waals surface area contributed by atoms with Gasteiger partial charge in [0.15, 0.2) is 0 Å². The van der Waals surface area contributed by atoms with Gasteiger partial charge in [-0.15, -0.1) is 0 Å². The van der Waals surface area contributed by atoms with Crippen LogP contribution in [0.1, 0.15) is 0 Å². The third-order valence-corrected chi connectivity index (χ3v) is 1.37. The van der Waals surface area contributed by atoms with Crippen molar-refractivity contribution in [3.8, 4) is 0 Å². The molecule has 0 aromatic carbocycles. The first-order valence-corrected chi connectivity index (χ1v) is 2.89. The minimum absolute atomic E-state index is 1.19. The fourth-order valence-electron chi connectivity index (χ4n) is 0.912. The zero-order valence-electron chi connectivity index (χ0n) is 4.91. The highest BCUT2D eigenvalue weighted by Crippen LogP contribution is 2.15. The number of hydrogen-bond donors (Lipinski definition) is 1. The van der Waals surface area contributed by atoms with Gasteiger partial charge in [-0.2, -0.15) is 0 Å². The zero-order valence-corrected chi connectivity index (χ0v) is 4.91. The molecule has 2 rings (SSSR count). The summed E-state index contributed by atoms with van der Waals surface area (Å²) < 4.78 is 0. The molecular formula is C7H7N2. The van der Waals surface area contributed by atoms with Crippen molar-refractivity contribution in [3.63, 3.8) is 0 Å². The monoisotopic (exact) mass is 119 g/mol. The van der Waals surface area contributed by atoms with Crippen LogP contribution in [0.4, 0.5) is 0 Å². The molecule has 9 heavy (non-hydrogen) atoms. The van der Waals surface area contributed by atoms with Crippen LogP contribution in [0.25, 0.3) is 0 Å². The molecule has 0 aliphatic carbocycles. The summed E-state index contributed by atoms with van der Waals surface area (Å²) in [5, 5.41) is 3.00. The molecule has 0 unspecified atom stereocenters. The second-order valence-electron chi connectivity index (χ2n) is 1.97. The van der Waals surface area contributed by atoms with Gasteiger partial charge < -0.3 is 10.2 Å². The molecule has 2 nitrogen and oxygen atoms in total. The molecule has 2 aliphatic heterocycles. The minimum atomic E-state index is 1.19. The number of rotatable bonds is 0. The molecule has 0 atom stereocenters. The van der Waals surface area contributed by atoms with E-state index in [-0.39, 0.29) is 0 Å². The molecular weight excluding hydrogens is 112 g/mol. The average Bonchev–Trinajstić information content (AvgIpc) is 2.33. The Labute approximate surface area is 54.2 Å². The van der Waals surface area contributed by atoms with E-state index in [1.807, 2.05) is 36.1 Å². The Morgan fingerprint density at radius 2 is 2.33 bits per heavy atom. The maximum atomic E-state index is 3.00. The summed E-state index contributed by atoms with van der Waals surface area (Å²) in [5.41, 5.74) is 1.19. The lowest BCUT2D eigenvalue weighted by Gasteiger charge is -2.14. The fraction of sp³-hybridized carbons (Fsp3) is 0. The Kier molecular flexibility index (Phi) is 0.859. The first kappa shape index (κ1) is 4.68. The third-order valence-electron chi connectivity index (χ3n) is 1.37. The summed E-state index contributed by atoms with van der Waals surface area (Å²) in [6, 6.07) is 0. The van der Waals surface area contributed by atoms with Crippen LogP contribution in [0.15, 0.2) is 36.3 Å². The maximum absolute atomic E-state index is 3.00. The van der Waals surface area contributed by atoms with Crippen LogP contribution in [-0.2, 0) is 0 Å². The summed E-state index contributed by atoms with van der Waals surface area (Å²) in [5.74, 6) is 0. The Bertz CT molecular complexity index is 198. The van der Waals surface area contributed by atoms with Gasteiger partial charge in [0, 0.05) is 12.4 Å². The lowest BCUT2D eigenvalue weighted by molar-refractivity contribution is 0.584. The van der Waals surface area contributed by atoms with Gasteiger partial charge >= 0.3 is 0 Å². The van der Waals surface area contributed by atoms with E-state index in [2.05, 4.69) is 11.4 Å². The maximum Gasteiger partial charge on any atom is 0.143 e. The van der Waals surface area contributed by atoms with Crippen LogP contribution in [-0.4, -0.2) is 4.90 Å². The van der Waals surface area contributed by atoms with Gasteiger partial charge in [0.1, 0.15) is 6.67 Å². The van der Waals surface area contributed by atoms with Crippen molar-refractivity contribution in [3.05, 3.63) is 43.0 Å². The summed E-state index contributed by atoms with van der Waals surface area (Å²) in [6.45, 7) is 1.91. The number of fused-ring (bicyclic) bond motifs is 1. The number of nitrogens with zero attached hydrogens (tertiary/aromatic N) is 1. The van der Waals surface area contributed by atoms with Crippen LogP contribution < -0.4 is 5.32 Å². The van der Waals surface area contributed by atoms with Crippen molar-refractivity contribution in [2.75, 3.05) is 0 Å². The van der Waals surface area contributed by atoms with Crippen LogP contribution in [0.3, 0.4) is 0 Å². The normalized spacial score (nSPS) is 21.3. The predicted octanol–water partition coefficient (Wildman–Crippen LogP) is 0.936. The molecule has 0 fully saturated rings. The second-order valence-corrected chi connectivity index (χ2v) is 1.97. The van der Waals surface area contributed by atoms with Crippen molar-refractivity contribution in [1.29, 1.82) is 0 Å². The molecule has 2 aliphatic rings. The molecule has 1 radical (unpaired) electrons. The van der Waals surface area contributed by atoms with Crippen molar-refractivity contribution in [1.82, 2.24) is 10.2 Å². The smallest absolute Gasteiger partial charge is 0.143 e. The van der Waals surface area contributed by atoms with E-state index >= 15 is 0 Å². The Morgan fingerprint density at radius 3 is 3.22 bits per heavy atom. The Hall–Kier alpha value is -1.18. The molecule has 0 aromatic heterocycles. The highest BCUT2D eigenvalue weighted by atomic mass is 15.3. The van der Waals surface area contributed by atoms with E-state index in [1.54, 1.807) is 0 Å². The van der Waals surface area contributed by atoms with E-state index in [4.69, 9.17) is 0 Å². The van der Waals surface area contributed by atoms with Gasteiger partial charge in [-0.1, -0.05) is 6.08 Å².